The zero-order valence-corrected chi connectivity index (χ0v) is 10.8. The first-order valence-corrected chi connectivity index (χ1v) is 5.97. The van der Waals surface area contributed by atoms with Crippen molar-refractivity contribution < 1.29 is 9.26 Å². The summed E-state index contributed by atoms with van der Waals surface area (Å²) in [6.45, 7) is 0. The average Bonchev–Trinajstić information content (AvgIpc) is 2.97. The Labute approximate surface area is 115 Å². The van der Waals surface area contributed by atoms with Gasteiger partial charge in [-0.05, 0) is 24.3 Å². The molecule has 0 aliphatic carbocycles. The lowest BCUT2D eigenvalue weighted by molar-refractivity contribution is 0.413. The second-order valence-corrected chi connectivity index (χ2v) is 4.10. The first-order chi connectivity index (χ1) is 9.78. The maximum atomic E-state index is 5.59. The lowest BCUT2D eigenvalue weighted by Crippen LogP contribution is -1.90. The Morgan fingerprint density at radius 2 is 2.00 bits per heavy atom. The molecule has 2 aromatic heterocycles. The van der Waals surface area contributed by atoms with E-state index in [0.717, 1.165) is 5.56 Å². The predicted octanol–water partition coefficient (Wildman–Crippen LogP) is 2.39. The summed E-state index contributed by atoms with van der Waals surface area (Å²) in [4.78, 5) is 8.47. The molecular weight excluding hydrogens is 256 g/mol. The van der Waals surface area contributed by atoms with Crippen LogP contribution in [0.5, 0.6) is 5.75 Å². The Kier molecular flexibility index (Phi) is 3.04. The van der Waals surface area contributed by atoms with Crippen LogP contribution in [0.25, 0.3) is 23.0 Å². The Morgan fingerprint density at radius 1 is 1.15 bits per heavy atom. The van der Waals surface area contributed by atoms with Crippen molar-refractivity contribution in [1.82, 2.24) is 15.1 Å². The summed E-state index contributed by atoms with van der Waals surface area (Å²) in [7, 11) is 1.60. The normalized spacial score (nSPS) is 10.4. The summed E-state index contributed by atoms with van der Waals surface area (Å²) in [5, 5.41) is 3.96. The van der Waals surface area contributed by atoms with Crippen molar-refractivity contribution in [2.24, 2.45) is 0 Å². The molecule has 0 aliphatic heterocycles. The molecule has 0 spiro atoms. The maximum Gasteiger partial charge on any atom is 0.276 e. The molecule has 0 atom stereocenters. The molecule has 20 heavy (non-hydrogen) atoms. The van der Waals surface area contributed by atoms with Crippen LogP contribution < -0.4 is 10.5 Å². The Bertz CT molecular complexity index is 722. The molecule has 1 aromatic carbocycles. The van der Waals surface area contributed by atoms with Gasteiger partial charge in [0.1, 0.15) is 11.4 Å². The average molecular weight is 268 g/mol. The molecule has 0 unspecified atom stereocenters. The third-order valence-corrected chi connectivity index (χ3v) is 2.78. The van der Waals surface area contributed by atoms with Gasteiger partial charge in [0.25, 0.3) is 5.89 Å². The van der Waals surface area contributed by atoms with E-state index in [9.17, 15) is 0 Å². The Hall–Kier alpha value is -2.89. The molecule has 2 N–H and O–H groups in total. The number of nitrogens with zero attached hydrogens (tertiary/aromatic N) is 3. The summed E-state index contributed by atoms with van der Waals surface area (Å²) >= 11 is 0. The fourth-order valence-electron chi connectivity index (χ4n) is 1.80. The van der Waals surface area contributed by atoms with E-state index in [0.29, 0.717) is 28.8 Å². The van der Waals surface area contributed by atoms with Gasteiger partial charge in [-0.25, -0.2) is 4.98 Å². The van der Waals surface area contributed by atoms with E-state index < -0.39 is 0 Å². The number of rotatable bonds is 3. The van der Waals surface area contributed by atoms with Gasteiger partial charge in [0, 0.05) is 0 Å². The highest BCUT2D eigenvalue weighted by Gasteiger charge is 2.14. The molecule has 0 saturated heterocycles. The second kappa shape index (κ2) is 5.00. The van der Waals surface area contributed by atoms with E-state index in [2.05, 4.69) is 15.1 Å². The number of nitrogens with two attached hydrogens (primary N) is 1. The fourth-order valence-corrected chi connectivity index (χ4v) is 1.80. The largest absolute Gasteiger partial charge is 0.496 e. The van der Waals surface area contributed by atoms with Gasteiger partial charge in [0.2, 0.25) is 5.82 Å². The highest BCUT2D eigenvalue weighted by atomic mass is 16.5. The van der Waals surface area contributed by atoms with E-state index in [1.54, 1.807) is 25.4 Å². The minimum Gasteiger partial charge on any atom is -0.496 e. The van der Waals surface area contributed by atoms with E-state index in [1.807, 2.05) is 24.3 Å². The number of ether oxygens (including phenoxy) is 1. The molecule has 100 valence electrons. The van der Waals surface area contributed by atoms with Gasteiger partial charge in [0.05, 0.1) is 24.6 Å². The van der Waals surface area contributed by atoms with Crippen LogP contribution in [-0.4, -0.2) is 22.2 Å². The van der Waals surface area contributed by atoms with Crippen LogP contribution in [-0.2, 0) is 0 Å². The molecule has 0 bridgehead atoms. The molecule has 6 heteroatoms. The third kappa shape index (κ3) is 2.18. The number of methoxy groups -OCH3 is 1. The highest BCUT2D eigenvalue weighted by Crippen LogP contribution is 2.28. The molecular formula is C14H12N4O2. The summed E-state index contributed by atoms with van der Waals surface area (Å²) < 4.78 is 10.5. The fraction of sp³-hybridized carbons (Fsp3) is 0.0714. The standard InChI is InChI=1S/C14H12N4O2/c1-19-12-5-3-2-4-10(12)13-17-14(20-18-13)11-7-6-9(15)8-16-11/h2-8H,15H2,1H3. The SMILES string of the molecule is COc1ccccc1-c1noc(-c2ccc(N)cn2)n1. The maximum absolute atomic E-state index is 5.59. The van der Waals surface area contributed by atoms with E-state index in [4.69, 9.17) is 15.0 Å². The van der Waals surface area contributed by atoms with E-state index in [-0.39, 0.29) is 0 Å². The highest BCUT2D eigenvalue weighted by molar-refractivity contribution is 5.65. The predicted molar refractivity (Wildman–Crippen MR) is 73.9 cm³/mol. The zero-order valence-electron chi connectivity index (χ0n) is 10.8. The van der Waals surface area contributed by atoms with Crippen molar-refractivity contribution in [1.29, 1.82) is 0 Å². The number of hydrogen-bond acceptors (Lipinski definition) is 6. The topological polar surface area (TPSA) is 87.1 Å². The molecule has 0 saturated carbocycles. The minimum absolute atomic E-state index is 0.339. The van der Waals surface area contributed by atoms with Crippen molar-refractivity contribution >= 4 is 5.69 Å². The zero-order chi connectivity index (χ0) is 13.9. The summed E-state index contributed by atoms with van der Waals surface area (Å²) in [6, 6.07) is 10.9. The van der Waals surface area contributed by atoms with Gasteiger partial charge >= 0.3 is 0 Å². The van der Waals surface area contributed by atoms with E-state index in [1.165, 1.54) is 0 Å². The summed E-state index contributed by atoms with van der Waals surface area (Å²) in [5.41, 5.74) is 7.52. The van der Waals surface area contributed by atoms with Crippen LogP contribution in [0, 0.1) is 0 Å². The smallest absolute Gasteiger partial charge is 0.276 e. The van der Waals surface area contributed by atoms with Crippen molar-refractivity contribution in [3.63, 3.8) is 0 Å². The van der Waals surface area contributed by atoms with Crippen molar-refractivity contribution in [3.05, 3.63) is 42.6 Å². The van der Waals surface area contributed by atoms with Crippen LogP contribution in [0.1, 0.15) is 0 Å². The van der Waals surface area contributed by atoms with Crippen LogP contribution in [0.15, 0.2) is 47.1 Å². The number of hydrogen-bond donors (Lipinski definition) is 1. The van der Waals surface area contributed by atoms with Gasteiger partial charge in [-0.2, -0.15) is 4.98 Å². The van der Waals surface area contributed by atoms with Crippen molar-refractivity contribution in [2.75, 3.05) is 12.8 Å². The molecule has 0 radical (unpaired) electrons. The van der Waals surface area contributed by atoms with Crippen molar-refractivity contribution in [3.8, 4) is 28.7 Å². The Morgan fingerprint density at radius 3 is 2.75 bits per heavy atom. The van der Waals surface area contributed by atoms with Gasteiger partial charge in [-0.3, -0.25) is 0 Å². The molecule has 0 fully saturated rings. The minimum atomic E-state index is 0.339. The molecule has 6 nitrogen and oxygen atoms in total. The first-order valence-electron chi connectivity index (χ1n) is 5.97. The van der Waals surface area contributed by atoms with Gasteiger partial charge in [0.15, 0.2) is 0 Å². The number of benzene rings is 1. The lowest BCUT2D eigenvalue weighted by Gasteiger charge is -2.02. The van der Waals surface area contributed by atoms with Gasteiger partial charge in [-0.1, -0.05) is 17.3 Å². The van der Waals surface area contributed by atoms with Crippen LogP contribution in [0.2, 0.25) is 0 Å². The molecule has 3 aromatic rings. The molecule has 0 aliphatic rings. The van der Waals surface area contributed by atoms with Crippen LogP contribution in [0.3, 0.4) is 0 Å². The Balaban J connectivity index is 2.00. The number of aromatic nitrogens is 3. The quantitative estimate of drug-likeness (QED) is 0.784. The van der Waals surface area contributed by atoms with Gasteiger partial charge in [-0.15, -0.1) is 0 Å². The first kappa shape index (κ1) is 12.2. The van der Waals surface area contributed by atoms with Crippen molar-refractivity contribution in [2.45, 2.75) is 0 Å². The third-order valence-electron chi connectivity index (χ3n) is 2.78. The second-order valence-electron chi connectivity index (χ2n) is 4.10. The monoisotopic (exact) mass is 268 g/mol. The summed E-state index contributed by atoms with van der Waals surface area (Å²) in [6.07, 6.45) is 1.54. The lowest BCUT2D eigenvalue weighted by atomic mass is 10.2. The number of pyridine rings is 1. The molecule has 2 heterocycles. The summed E-state index contributed by atoms with van der Waals surface area (Å²) in [5.74, 6) is 1.48. The molecule has 3 rings (SSSR count). The van der Waals surface area contributed by atoms with Crippen LogP contribution in [0.4, 0.5) is 5.69 Å². The number of nitrogen functional groups attached to an aromatic ring is 1. The number of anilines is 1. The van der Waals surface area contributed by atoms with E-state index >= 15 is 0 Å². The van der Waals surface area contributed by atoms with Crippen LogP contribution >= 0.6 is 0 Å². The van der Waals surface area contributed by atoms with Gasteiger partial charge < -0.3 is 15.0 Å². The number of para-hydroxylation sites is 1. The molecule has 0 amide bonds.